The molecule has 1 aliphatic heterocycles. The first-order valence-electron chi connectivity index (χ1n) is 9.80. The van der Waals surface area contributed by atoms with Crippen molar-refractivity contribution in [2.24, 2.45) is 5.92 Å². The average molecular weight is 420 g/mol. The van der Waals surface area contributed by atoms with E-state index in [9.17, 15) is 24.5 Å². The summed E-state index contributed by atoms with van der Waals surface area (Å²) >= 11 is 0. The second-order valence-corrected chi connectivity index (χ2v) is 8.28. The Morgan fingerprint density at radius 2 is 1.80 bits per heavy atom. The molecule has 1 fully saturated rings. The minimum atomic E-state index is -1.11. The van der Waals surface area contributed by atoms with Gasteiger partial charge in [-0.1, -0.05) is 12.1 Å². The van der Waals surface area contributed by atoms with E-state index in [1.165, 1.54) is 13.0 Å². The Bertz CT molecular complexity index is 812. The first-order valence-corrected chi connectivity index (χ1v) is 9.80. The highest BCUT2D eigenvalue weighted by Crippen LogP contribution is 2.31. The first-order chi connectivity index (χ1) is 14.0. The molecule has 0 bridgehead atoms. The molecule has 2 N–H and O–H groups in total. The van der Waals surface area contributed by atoms with Crippen molar-refractivity contribution in [3.8, 4) is 0 Å². The average Bonchev–Trinajstić information content (AvgIpc) is 2.66. The van der Waals surface area contributed by atoms with Crippen LogP contribution in [0.25, 0.3) is 0 Å². The molecule has 0 saturated carbocycles. The molecule has 1 saturated heterocycles. The minimum absolute atomic E-state index is 0.0253. The van der Waals surface area contributed by atoms with Gasteiger partial charge in [-0.2, -0.15) is 0 Å². The van der Waals surface area contributed by atoms with Crippen LogP contribution in [0.3, 0.4) is 0 Å². The van der Waals surface area contributed by atoms with Crippen molar-refractivity contribution in [3.63, 3.8) is 0 Å². The number of esters is 1. The zero-order valence-corrected chi connectivity index (χ0v) is 17.6. The second-order valence-electron chi connectivity index (χ2n) is 8.28. The van der Waals surface area contributed by atoms with Crippen LogP contribution in [-0.4, -0.2) is 47.6 Å². The third-order valence-corrected chi connectivity index (χ3v) is 4.63. The number of carbonyl (C=O) groups excluding carboxylic acids is 3. The molecule has 30 heavy (non-hydrogen) atoms. The molecule has 2 rings (SSSR count). The molecule has 1 atom stereocenters. The summed E-state index contributed by atoms with van der Waals surface area (Å²) < 4.78 is 5.23. The highest BCUT2D eigenvalue weighted by atomic mass is 16.6. The van der Waals surface area contributed by atoms with Crippen LogP contribution in [0.15, 0.2) is 24.3 Å². The van der Waals surface area contributed by atoms with E-state index in [2.05, 4.69) is 10.6 Å². The summed E-state index contributed by atoms with van der Waals surface area (Å²) in [5.74, 6) is -1.64. The molecule has 10 heteroatoms. The lowest BCUT2D eigenvalue weighted by atomic mass is 9.96. The van der Waals surface area contributed by atoms with Gasteiger partial charge in [0.1, 0.15) is 5.69 Å². The van der Waals surface area contributed by atoms with E-state index in [4.69, 9.17) is 4.74 Å². The van der Waals surface area contributed by atoms with Crippen LogP contribution in [0.1, 0.15) is 40.5 Å². The number of rotatable bonds is 5. The number of para-hydroxylation sites is 2. The van der Waals surface area contributed by atoms with Gasteiger partial charge in [-0.25, -0.2) is 4.79 Å². The van der Waals surface area contributed by atoms with Crippen molar-refractivity contribution in [1.29, 1.82) is 0 Å². The van der Waals surface area contributed by atoms with Crippen LogP contribution < -0.4 is 15.5 Å². The molecular weight excluding hydrogens is 392 g/mol. The number of benzene rings is 1. The van der Waals surface area contributed by atoms with Crippen LogP contribution >= 0.6 is 0 Å². The Balaban J connectivity index is 1.86. The summed E-state index contributed by atoms with van der Waals surface area (Å²) in [6.45, 7) is 7.64. The van der Waals surface area contributed by atoms with Gasteiger partial charge in [-0.3, -0.25) is 25.0 Å². The highest BCUT2D eigenvalue weighted by Gasteiger charge is 2.31. The predicted octanol–water partition coefficient (Wildman–Crippen LogP) is 2.37. The van der Waals surface area contributed by atoms with E-state index in [-0.39, 0.29) is 5.69 Å². The molecule has 1 aromatic carbocycles. The van der Waals surface area contributed by atoms with Gasteiger partial charge in [0.25, 0.3) is 11.6 Å². The van der Waals surface area contributed by atoms with Crippen molar-refractivity contribution < 1.29 is 24.0 Å². The van der Waals surface area contributed by atoms with E-state index in [0.29, 0.717) is 31.6 Å². The van der Waals surface area contributed by atoms with E-state index < -0.39 is 40.4 Å². The Labute approximate surface area is 175 Å². The topological polar surface area (TPSA) is 131 Å². The standard InChI is InChI=1S/C20H28N4O6/c1-13(17(25)21-19(27)22-20(2,3)4)30-18(26)14-9-11-23(12-10-14)15-7-5-6-8-16(15)24(28)29/h5-8,13-14H,9-12H2,1-4H3,(H2,21,22,25,27)/t13-/m1/s1. The van der Waals surface area contributed by atoms with Gasteiger partial charge in [-0.05, 0) is 46.6 Å². The lowest BCUT2D eigenvalue weighted by molar-refractivity contribution is -0.384. The van der Waals surface area contributed by atoms with Gasteiger partial charge in [0.15, 0.2) is 6.10 Å². The zero-order chi connectivity index (χ0) is 22.5. The fourth-order valence-electron chi connectivity index (χ4n) is 3.15. The summed E-state index contributed by atoms with van der Waals surface area (Å²) in [5, 5.41) is 16.0. The number of carbonyl (C=O) groups is 3. The Morgan fingerprint density at radius 1 is 1.20 bits per heavy atom. The lowest BCUT2D eigenvalue weighted by Crippen LogP contribution is -2.50. The molecule has 1 aromatic rings. The van der Waals surface area contributed by atoms with E-state index in [0.717, 1.165) is 0 Å². The maximum atomic E-state index is 12.4. The maximum Gasteiger partial charge on any atom is 0.321 e. The number of anilines is 1. The number of nitro groups is 1. The van der Waals surface area contributed by atoms with Crippen molar-refractivity contribution in [2.45, 2.75) is 52.2 Å². The minimum Gasteiger partial charge on any atom is -0.452 e. The fraction of sp³-hybridized carbons (Fsp3) is 0.550. The Hall–Kier alpha value is -3.17. The molecule has 10 nitrogen and oxygen atoms in total. The number of amides is 3. The number of piperidine rings is 1. The van der Waals surface area contributed by atoms with Gasteiger partial charge < -0.3 is 15.0 Å². The molecule has 1 aliphatic rings. The number of hydrogen-bond acceptors (Lipinski definition) is 7. The van der Waals surface area contributed by atoms with Crippen molar-refractivity contribution in [3.05, 3.63) is 34.4 Å². The lowest BCUT2D eigenvalue weighted by Gasteiger charge is -2.32. The van der Waals surface area contributed by atoms with Crippen LogP contribution in [0.5, 0.6) is 0 Å². The van der Waals surface area contributed by atoms with Crippen LogP contribution in [0.2, 0.25) is 0 Å². The predicted molar refractivity (Wildman–Crippen MR) is 110 cm³/mol. The van der Waals surface area contributed by atoms with Gasteiger partial charge in [0.2, 0.25) is 0 Å². The van der Waals surface area contributed by atoms with Crippen LogP contribution in [-0.2, 0) is 14.3 Å². The number of nitrogens with one attached hydrogen (secondary N) is 2. The maximum absolute atomic E-state index is 12.4. The van der Waals surface area contributed by atoms with Gasteiger partial charge in [-0.15, -0.1) is 0 Å². The number of hydrogen-bond donors (Lipinski definition) is 2. The van der Waals surface area contributed by atoms with Gasteiger partial charge >= 0.3 is 12.0 Å². The molecule has 3 amide bonds. The summed E-state index contributed by atoms with van der Waals surface area (Å²) in [4.78, 5) is 48.9. The van der Waals surface area contributed by atoms with Crippen molar-refractivity contribution in [1.82, 2.24) is 10.6 Å². The summed E-state index contributed by atoms with van der Waals surface area (Å²) in [6.07, 6.45) is -0.218. The third-order valence-electron chi connectivity index (χ3n) is 4.63. The number of ether oxygens (including phenoxy) is 1. The van der Waals surface area contributed by atoms with Crippen LogP contribution in [0, 0.1) is 16.0 Å². The van der Waals surface area contributed by atoms with Gasteiger partial charge in [0, 0.05) is 24.7 Å². The molecule has 0 unspecified atom stereocenters. The number of nitrogens with zero attached hydrogens (tertiary/aromatic N) is 2. The Kier molecular flexibility index (Phi) is 7.36. The van der Waals surface area contributed by atoms with E-state index in [1.807, 2.05) is 4.90 Å². The molecule has 164 valence electrons. The van der Waals surface area contributed by atoms with Crippen molar-refractivity contribution >= 4 is 29.3 Å². The Morgan fingerprint density at radius 3 is 2.37 bits per heavy atom. The molecular formula is C20H28N4O6. The smallest absolute Gasteiger partial charge is 0.321 e. The second kappa shape index (κ2) is 9.55. The number of imide groups is 1. The fourth-order valence-corrected chi connectivity index (χ4v) is 3.15. The molecule has 0 aliphatic carbocycles. The molecule has 1 heterocycles. The summed E-state index contributed by atoms with van der Waals surface area (Å²) in [7, 11) is 0. The number of nitro benzene ring substituents is 1. The van der Waals surface area contributed by atoms with E-state index >= 15 is 0 Å². The molecule has 0 radical (unpaired) electrons. The monoisotopic (exact) mass is 420 g/mol. The van der Waals surface area contributed by atoms with Gasteiger partial charge in [0.05, 0.1) is 10.8 Å². The summed E-state index contributed by atoms with van der Waals surface area (Å²) in [5.41, 5.74) is 0.0378. The zero-order valence-electron chi connectivity index (χ0n) is 17.6. The normalized spacial score (nSPS) is 15.8. The SMILES string of the molecule is C[C@@H](OC(=O)C1CCN(c2ccccc2[N+](=O)[O-])CC1)C(=O)NC(=O)NC(C)(C)C. The molecule has 0 aromatic heterocycles. The molecule has 0 spiro atoms. The van der Waals surface area contributed by atoms with E-state index in [1.54, 1.807) is 39.0 Å². The number of urea groups is 1. The van der Waals surface area contributed by atoms with Crippen LogP contribution in [0.4, 0.5) is 16.2 Å². The highest BCUT2D eigenvalue weighted by molar-refractivity contribution is 5.97. The first kappa shape index (κ1) is 23.1. The third kappa shape index (κ3) is 6.43. The summed E-state index contributed by atoms with van der Waals surface area (Å²) in [6, 6.07) is 5.82. The van der Waals surface area contributed by atoms with Crippen molar-refractivity contribution in [2.75, 3.05) is 18.0 Å². The quantitative estimate of drug-likeness (QED) is 0.425. The largest absolute Gasteiger partial charge is 0.452 e.